The van der Waals surface area contributed by atoms with Crippen LogP contribution in [-0.4, -0.2) is 36.0 Å². The molecule has 0 fully saturated rings. The molecule has 0 amide bonds. The van der Waals surface area contributed by atoms with Gasteiger partial charge >= 0.3 is 5.97 Å². The van der Waals surface area contributed by atoms with E-state index in [1.54, 1.807) is 0 Å². The van der Waals surface area contributed by atoms with Crippen LogP contribution in [0.3, 0.4) is 0 Å². The summed E-state index contributed by atoms with van der Waals surface area (Å²) >= 11 is 0.719. The van der Waals surface area contributed by atoms with E-state index in [-0.39, 0.29) is 5.75 Å². The molecule has 0 aromatic rings. The van der Waals surface area contributed by atoms with Crippen molar-refractivity contribution in [2.24, 2.45) is 10.3 Å². The van der Waals surface area contributed by atoms with Crippen LogP contribution in [0.5, 0.6) is 0 Å². The fourth-order valence-corrected chi connectivity index (χ4v) is 1.52. The van der Waals surface area contributed by atoms with Gasteiger partial charge < -0.3 is 16.2 Å². The molecule has 1 atom stereocenters. The van der Waals surface area contributed by atoms with Crippen LogP contribution in [0.25, 0.3) is 0 Å². The van der Waals surface area contributed by atoms with Crippen LogP contribution in [0.1, 0.15) is 19.3 Å². The Bertz CT molecular complexity index is 192. The van der Waals surface area contributed by atoms with E-state index in [0.717, 1.165) is 31.2 Å². The molecule has 0 saturated heterocycles. The van der Waals surface area contributed by atoms with Crippen LogP contribution < -0.4 is 11.1 Å². The Kier molecular flexibility index (Phi) is 9.44. The fourth-order valence-electron chi connectivity index (χ4n) is 1.04. The molecule has 0 bridgehead atoms. The number of nitrogens with two attached hydrogens (primary N) is 1. The summed E-state index contributed by atoms with van der Waals surface area (Å²) in [4.78, 5) is 20.5. The molecular formula is C8H17N3O3S. The first kappa shape index (κ1) is 14.3. The van der Waals surface area contributed by atoms with E-state index in [0.29, 0.717) is 13.1 Å². The van der Waals surface area contributed by atoms with Gasteiger partial charge in [-0.15, -0.1) is 4.91 Å². The highest BCUT2D eigenvalue weighted by molar-refractivity contribution is 7.97. The molecule has 0 aromatic heterocycles. The second kappa shape index (κ2) is 9.88. The van der Waals surface area contributed by atoms with Gasteiger partial charge in [-0.05, 0) is 25.9 Å². The number of nitrogens with one attached hydrogen (secondary N) is 1. The Morgan fingerprint density at radius 3 is 2.73 bits per heavy atom. The van der Waals surface area contributed by atoms with Crippen molar-refractivity contribution in [3.63, 3.8) is 0 Å². The maximum atomic E-state index is 10.7. The van der Waals surface area contributed by atoms with Gasteiger partial charge in [0.25, 0.3) is 0 Å². The fraction of sp³-hybridized carbons (Fsp3) is 0.875. The molecule has 1 unspecified atom stereocenters. The predicted molar refractivity (Wildman–Crippen MR) is 60.6 cm³/mol. The molecule has 0 aliphatic heterocycles. The molecule has 4 N–H and O–H groups in total. The van der Waals surface area contributed by atoms with E-state index in [1.807, 2.05) is 0 Å². The number of nitrogens with zero attached hydrogens (tertiary/aromatic N) is 1. The molecule has 7 heteroatoms. The third kappa shape index (κ3) is 8.34. The van der Waals surface area contributed by atoms with Crippen molar-refractivity contribution >= 4 is 17.9 Å². The van der Waals surface area contributed by atoms with Crippen LogP contribution in [0, 0.1) is 4.91 Å². The smallest absolute Gasteiger partial charge is 0.321 e. The quantitative estimate of drug-likeness (QED) is 0.290. The van der Waals surface area contributed by atoms with Gasteiger partial charge in [-0.2, -0.15) is 0 Å². The van der Waals surface area contributed by atoms with Crippen LogP contribution >= 0.6 is 11.9 Å². The summed E-state index contributed by atoms with van der Waals surface area (Å²) in [5, 5.41) is 11.6. The predicted octanol–water partition coefficient (Wildman–Crippen LogP) is 0.573. The number of hydrogen-bond donors (Lipinski definition) is 3. The van der Waals surface area contributed by atoms with Crippen molar-refractivity contribution in [2.75, 3.05) is 18.8 Å². The molecule has 0 radical (unpaired) electrons. The first-order valence-electron chi connectivity index (χ1n) is 4.83. The lowest BCUT2D eigenvalue weighted by molar-refractivity contribution is -0.138. The minimum atomic E-state index is -0.954. The molecule has 0 saturated carbocycles. The van der Waals surface area contributed by atoms with Crippen LogP contribution in [0.15, 0.2) is 4.58 Å². The molecule has 6 nitrogen and oxygen atoms in total. The Balaban J connectivity index is 3.57. The van der Waals surface area contributed by atoms with Gasteiger partial charge in [-0.25, -0.2) is 0 Å². The third-order valence-corrected chi connectivity index (χ3v) is 2.45. The first-order valence-corrected chi connectivity index (χ1v) is 5.77. The van der Waals surface area contributed by atoms with Gasteiger partial charge in [-0.1, -0.05) is 6.42 Å². The monoisotopic (exact) mass is 235 g/mol. The highest BCUT2D eigenvalue weighted by atomic mass is 32.2. The van der Waals surface area contributed by atoms with E-state index in [1.165, 1.54) is 0 Å². The van der Waals surface area contributed by atoms with Crippen molar-refractivity contribution < 1.29 is 9.90 Å². The zero-order valence-corrected chi connectivity index (χ0v) is 9.33. The maximum Gasteiger partial charge on any atom is 0.321 e. The van der Waals surface area contributed by atoms with Crippen LogP contribution in [0.4, 0.5) is 0 Å². The number of hydrogen-bond acceptors (Lipinski definition) is 6. The molecule has 15 heavy (non-hydrogen) atoms. The van der Waals surface area contributed by atoms with E-state index >= 15 is 0 Å². The Morgan fingerprint density at radius 2 is 2.20 bits per heavy atom. The number of carboxylic acid groups (broad SMARTS) is 1. The van der Waals surface area contributed by atoms with Crippen molar-refractivity contribution in [1.82, 2.24) is 5.32 Å². The first-order chi connectivity index (χ1) is 7.22. The molecule has 0 aliphatic rings. The van der Waals surface area contributed by atoms with E-state index in [4.69, 9.17) is 10.8 Å². The number of aliphatic carboxylic acids is 1. The lowest BCUT2D eigenvalue weighted by Crippen LogP contribution is -2.39. The van der Waals surface area contributed by atoms with Crippen LogP contribution in [-0.2, 0) is 4.79 Å². The van der Waals surface area contributed by atoms with Gasteiger partial charge in [0.1, 0.15) is 6.04 Å². The average Bonchev–Trinajstić information content (AvgIpc) is 2.21. The topological polar surface area (TPSA) is 105 Å². The summed E-state index contributed by atoms with van der Waals surface area (Å²) in [5.74, 6) is -0.791. The molecule has 0 rings (SSSR count). The lowest BCUT2D eigenvalue weighted by atomic mass is 10.2. The van der Waals surface area contributed by atoms with E-state index in [2.05, 4.69) is 9.90 Å². The zero-order valence-electron chi connectivity index (χ0n) is 8.52. The SMILES string of the molecule is NCCCCCNC(CSN=O)C(=O)O. The number of carbonyl (C=O) groups is 1. The van der Waals surface area contributed by atoms with Crippen molar-refractivity contribution in [3.8, 4) is 0 Å². The van der Waals surface area contributed by atoms with Crippen molar-refractivity contribution in [2.45, 2.75) is 25.3 Å². The Hall–Kier alpha value is -0.660. The minimum absolute atomic E-state index is 0.162. The van der Waals surface area contributed by atoms with Crippen molar-refractivity contribution in [3.05, 3.63) is 4.91 Å². The molecule has 88 valence electrons. The normalized spacial score (nSPS) is 12.3. The van der Waals surface area contributed by atoms with Gasteiger partial charge in [0.2, 0.25) is 0 Å². The second-order valence-corrected chi connectivity index (χ2v) is 3.81. The summed E-state index contributed by atoms with van der Waals surface area (Å²) in [5.41, 5.74) is 5.32. The van der Waals surface area contributed by atoms with Crippen molar-refractivity contribution in [1.29, 1.82) is 0 Å². The summed E-state index contributed by atoms with van der Waals surface area (Å²) in [6.45, 7) is 1.28. The van der Waals surface area contributed by atoms with Gasteiger partial charge in [-0.3, -0.25) is 4.79 Å². The molecule has 0 aromatic carbocycles. The maximum absolute atomic E-state index is 10.7. The Morgan fingerprint density at radius 1 is 1.47 bits per heavy atom. The number of nitroso groups, excluding NO2 is 1. The standard InChI is InChI=1S/C8H17N3O3S/c9-4-2-1-3-5-10-7(8(12)13)6-15-11-14/h7,10H,1-6,9H2,(H,12,13). The highest BCUT2D eigenvalue weighted by Crippen LogP contribution is 2.03. The summed E-state index contributed by atoms with van der Waals surface area (Å²) in [6.07, 6.45) is 2.82. The largest absolute Gasteiger partial charge is 0.480 e. The van der Waals surface area contributed by atoms with E-state index < -0.39 is 12.0 Å². The molecule has 0 heterocycles. The molecular weight excluding hydrogens is 218 g/mol. The summed E-state index contributed by atoms with van der Waals surface area (Å²) in [7, 11) is 0. The molecule has 0 aliphatic carbocycles. The highest BCUT2D eigenvalue weighted by Gasteiger charge is 2.16. The lowest BCUT2D eigenvalue weighted by Gasteiger charge is -2.11. The van der Waals surface area contributed by atoms with Gasteiger partial charge in [0.15, 0.2) is 0 Å². The molecule has 0 spiro atoms. The van der Waals surface area contributed by atoms with E-state index in [9.17, 15) is 9.70 Å². The van der Waals surface area contributed by atoms with Gasteiger partial charge in [0.05, 0.1) is 0 Å². The van der Waals surface area contributed by atoms with Gasteiger partial charge in [0, 0.05) is 22.3 Å². The zero-order chi connectivity index (χ0) is 11.5. The average molecular weight is 235 g/mol. The third-order valence-electron chi connectivity index (χ3n) is 1.86. The summed E-state index contributed by atoms with van der Waals surface area (Å²) in [6, 6.07) is -0.703. The minimum Gasteiger partial charge on any atom is -0.480 e. The summed E-state index contributed by atoms with van der Waals surface area (Å²) < 4.78 is 2.56. The number of rotatable bonds is 10. The number of carboxylic acids is 1. The Labute approximate surface area is 93.1 Å². The number of unbranched alkanes of at least 4 members (excludes halogenated alkanes) is 2. The van der Waals surface area contributed by atoms with Crippen LogP contribution in [0.2, 0.25) is 0 Å². The second-order valence-electron chi connectivity index (χ2n) is 3.06.